The summed E-state index contributed by atoms with van der Waals surface area (Å²) in [4.78, 5) is 45.4. The van der Waals surface area contributed by atoms with Crippen LogP contribution in [0.1, 0.15) is 61.5 Å². The first-order valence-corrected chi connectivity index (χ1v) is 12.2. The van der Waals surface area contributed by atoms with E-state index in [1.165, 1.54) is 4.90 Å². The second-order valence-electron chi connectivity index (χ2n) is 9.14. The van der Waals surface area contributed by atoms with Gasteiger partial charge in [-0.3, -0.25) is 24.3 Å². The Labute approximate surface area is 210 Å². The largest absolute Gasteiger partial charge is 0.360 e. The maximum Gasteiger partial charge on any atom is 0.248 e. The molecule has 1 aromatic carbocycles. The molecule has 36 heavy (non-hydrogen) atoms. The van der Waals surface area contributed by atoms with Gasteiger partial charge in [0.15, 0.2) is 5.82 Å². The average molecular weight is 490 g/mol. The van der Waals surface area contributed by atoms with Gasteiger partial charge in [0.05, 0.1) is 0 Å². The van der Waals surface area contributed by atoms with Gasteiger partial charge in [0.1, 0.15) is 11.8 Å². The monoisotopic (exact) mass is 489 g/mol. The van der Waals surface area contributed by atoms with Crippen molar-refractivity contribution in [3.05, 3.63) is 71.7 Å². The number of rotatable bonds is 9. The lowest BCUT2D eigenvalue weighted by atomic mass is 10.0. The van der Waals surface area contributed by atoms with Crippen LogP contribution in [0.3, 0.4) is 0 Å². The molecule has 188 valence electrons. The molecule has 1 aliphatic carbocycles. The summed E-state index contributed by atoms with van der Waals surface area (Å²) in [6, 6.07) is 11.7. The number of carbonyl (C=O) groups is 3. The lowest BCUT2D eigenvalue weighted by Gasteiger charge is -2.32. The highest BCUT2D eigenvalue weighted by molar-refractivity contribution is 6.03. The van der Waals surface area contributed by atoms with E-state index in [4.69, 9.17) is 4.52 Å². The fourth-order valence-electron chi connectivity index (χ4n) is 4.43. The van der Waals surface area contributed by atoms with Crippen LogP contribution in [-0.4, -0.2) is 33.9 Å². The maximum absolute atomic E-state index is 13.7. The van der Waals surface area contributed by atoms with E-state index >= 15 is 0 Å². The molecule has 0 bridgehead atoms. The van der Waals surface area contributed by atoms with Gasteiger partial charge in [-0.1, -0.05) is 35.7 Å². The highest BCUT2D eigenvalue weighted by Gasteiger charge is 2.34. The van der Waals surface area contributed by atoms with Crippen LogP contribution in [0.2, 0.25) is 0 Å². The Morgan fingerprint density at radius 3 is 2.36 bits per heavy atom. The van der Waals surface area contributed by atoms with Crippen molar-refractivity contribution in [2.45, 2.75) is 64.5 Å². The summed E-state index contributed by atoms with van der Waals surface area (Å²) in [5.41, 5.74) is 2.27. The molecular formula is C27H31N5O4. The standard InChI is InChI=1S/C27H31N5O4/c1-18-7-9-22(10-8-18)32(25(34)12-11-24(33)30-23-17-19(2)36-31-23)26(20-13-15-28-16-14-20)27(35)29-21-5-3-4-6-21/h7-10,13-17,21,26H,3-6,11-12H2,1-2H3,(H,29,35)(H,30,31,33)/t26-/m1/s1. The van der Waals surface area contributed by atoms with Gasteiger partial charge in [-0.05, 0) is 56.5 Å². The van der Waals surface area contributed by atoms with Crippen molar-refractivity contribution in [3.63, 3.8) is 0 Å². The number of benzene rings is 1. The fourth-order valence-corrected chi connectivity index (χ4v) is 4.43. The average Bonchev–Trinajstić information content (AvgIpc) is 3.53. The Hall–Kier alpha value is -4.01. The predicted octanol–water partition coefficient (Wildman–Crippen LogP) is 4.24. The summed E-state index contributed by atoms with van der Waals surface area (Å²) in [7, 11) is 0. The van der Waals surface area contributed by atoms with Crippen LogP contribution >= 0.6 is 0 Å². The third-order valence-electron chi connectivity index (χ3n) is 6.27. The quantitative estimate of drug-likeness (QED) is 0.464. The molecule has 2 N–H and O–H groups in total. The first-order valence-electron chi connectivity index (χ1n) is 12.2. The molecule has 1 fully saturated rings. The smallest absolute Gasteiger partial charge is 0.248 e. The first-order chi connectivity index (χ1) is 17.4. The fraction of sp³-hybridized carbons (Fsp3) is 0.370. The minimum atomic E-state index is -0.898. The molecule has 0 radical (unpaired) electrons. The Bertz CT molecular complexity index is 1190. The van der Waals surface area contributed by atoms with Crippen LogP contribution in [0.5, 0.6) is 0 Å². The number of pyridine rings is 1. The van der Waals surface area contributed by atoms with Crippen molar-refractivity contribution in [1.82, 2.24) is 15.5 Å². The van der Waals surface area contributed by atoms with Crippen molar-refractivity contribution >= 4 is 29.2 Å². The molecule has 1 atom stereocenters. The highest BCUT2D eigenvalue weighted by Crippen LogP contribution is 2.30. The van der Waals surface area contributed by atoms with Crippen molar-refractivity contribution in [2.75, 3.05) is 10.2 Å². The number of anilines is 2. The van der Waals surface area contributed by atoms with Crippen LogP contribution in [0.25, 0.3) is 0 Å². The van der Waals surface area contributed by atoms with Crippen molar-refractivity contribution in [3.8, 4) is 0 Å². The van der Waals surface area contributed by atoms with E-state index in [2.05, 4.69) is 20.8 Å². The number of carbonyl (C=O) groups excluding carboxylic acids is 3. The van der Waals surface area contributed by atoms with Gasteiger partial charge in [-0.25, -0.2) is 0 Å². The highest BCUT2D eigenvalue weighted by atomic mass is 16.5. The maximum atomic E-state index is 13.7. The lowest BCUT2D eigenvalue weighted by Crippen LogP contribution is -2.46. The zero-order valence-corrected chi connectivity index (χ0v) is 20.6. The van der Waals surface area contributed by atoms with E-state index in [1.54, 1.807) is 37.5 Å². The third kappa shape index (κ3) is 6.35. The molecule has 3 amide bonds. The van der Waals surface area contributed by atoms with Gasteiger partial charge < -0.3 is 15.2 Å². The van der Waals surface area contributed by atoms with Crippen molar-refractivity contribution in [1.29, 1.82) is 0 Å². The molecule has 0 saturated heterocycles. The molecule has 9 nitrogen and oxygen atoms in total. The van der Waals surface area contributed by atoms with Crippen LogP contribution < -0.4 is 15.5 Å². The summed E-state index contributed by atoms with van der Waals surface area (Å²) in [5, 5.41) is 9.53. The van der Waals surface area contributed by atoms with E-state index < -0.39 is 6.04 Å². The molecule has 0 aliphatic heterocycles. The number of nitrogens with one attached hydrogen (secondary N) is 2. The van der Waals surface area contributed by atoms with Gasteiger partial charge >= 0.3 is 0 Å². The van der Waals surface area contributed by atoms with Gasteiger partial charge in [-0.2, -0.15) is 0 Å². The topological polar surface area (TPSA) is 117 Å². The molecule has 4 rings (SSSR count). The first kappa shape index (κ1) is 25.1. The Kier molecular flexibility index (Phi) is 8.10. The predicted molar refractivity (Wildman–Crippen MR) is 135 cm³/mol. The number of hydrogen-bond donors (Lipinski definition) is 2. The van der Waals surface area contributed by atoms with Crippen LogP contribution in [0, 0.1) is 13.8 Å². The zero-order chi connectivity index (χ0) is 25.5. The molecule has 2 heterocycles. The molecule has 1 aliphatic rings. The summed E-state index contributed by atoms with van der Waals surface area (Å²) < 4.78 is 4.97. The second kappa shape index (κ2) is 11.6. The van der Waals surface area contributed by atoms with Gasteiger partial charge in [0.25, 0.3) is 0 Å². The number of aryl methyl sites for hydroxylation is 2. The summed E-state index contributed by atoms with van der Waals surface area (Å²) in [6.07, 6.45) is 7.06. The number of hydrogen-bond acceptors (Lipinski definition) is 6. The molecule has 1 saturated carbocycles. The molecule has 9 heteroatoms. The van der Waals surface area contributed by atoms with Gasteiger partial charge in [-0.15, -0.1) is 0 Å². The molecule has 0 spiro atoms. The number of amides is 3. The lowest BCUT2D eigenvalue weighted by molar-refractivity contribution is -0.127. The van der Waals surface area contributed by atoms with E-state index in [9.17, 15) is 14.4 Å². The third-order valence-corrected chi connectivity index (χ3v) is 6.27. The molecule has 3 aromatic rings. The van der Waals surface area contributed by atoms with Crippen LogP contribution in [0.4, 0.5) is 11.5 Å². The van der Waals surface area contributed by atoms with E-state index in [0.29, 0.717) is 22.8 Å². The van der Waals surface area contributed by atoms with E-state index in [-0.39, 0.29) is 36.6 Å². The summed E-state index contributed by atoms with van der Waals surface area (Å²) >= 11 is 0. The molecule has 2 aromatic heterocycles. The van der Waals surface area contributed by atoms with Crippen LogP contribution in [0.15, 0.2) is 59.4 Å². The Morgan fingerprint density at radius 2 is 1.72 bits per heavy atom. The molecule has 0 unspecified atom stereocenters. The molecular weight excluding hydrogens is 458 g/mol. The number of nitrogens with zero attached hydrogens (tertiary/aromatic N) is 3. The van der Waals surface area contributed by atoms with Crippen molar-refractivity contribution < 1.29 is 18.9 Å². The summed E-state index contributed by atoms with van der Waals surface area (Å²) in [6.45, 7) is 3.68. The Morgan fingerprint density at radius 1 is 1.03 bits per heavy atom. The SMILES string of the molecule is Cc1ccc(N(C(=O)CCC(=O)Nc2cc(C)on2)[C@@H](C(=O)NC2CCCC2)c2ccncc2)cc1. The van der Waals surface area contributed by atoms with Crippen LogP contribution in [-0.2, 0) is 14.4 Å². The normalized spacial score (nSPS) is 14.3. The Balaban J connectivity index is 1.59. The van der Waals surface area contributed by atoms with Gasteiger partial charge in [0, 0.05) is 43.0 Å². The minimum Gasteiger partial charge on any atom is -0.360 e. The van der Waals surface area contributed by atoms with E-state index in [1.807, 2.05) is 31.2 Å². The minimum absolute atomic E-state index is 0.0690. The van der Waals surface area contributed by atoms with E-state index in [0.717, 1.165) is 31.2 Å². The summed E-state index contributed by atoms with van der Waals surface area (Å²) in [5.74, 6) is -0.0824. The van der Waals surface area contributed by atoms with Gasteiger partial charge in [0.2, 0.25) is 17.7 Å². The number of aromatic nitrogens is 2. The zero-order valence-electron chi connectivity index (χ0n) is 20.6. The van der Waals surface area contributed by atoms with Crippen molar-refractivity contribution in [2.24, 2.45) is 0 Å². The second-order valence-corrected chi connectivity index (χ2v) is 9.14.